The average molecular weight is 260 g/mol. The fraction of sp³-hybridized carbons (Fsp3) is 0.333. The van der Waals surface area contributed by atoms with Gasteiger partial charge >= 0.3 is 11.6 Å². The van der Waals surface area contributed by atoms with Crippen LogP contribution in [0.25, 0.3) is 11.0 Å². The molecule has 0 bridgehead atoms. The maximum absolute atomic E-state index is 12.0. The maximum Gasteiger partial charge on any atom is 0.338 e. The lowest BCUT2D eigenvalue weighted by atomic mass is 10.1. The summed E-state index contributed by atoms with van der Waals surface area (Å²) in [6.07, 6.45) is 1.49. The van der Waals surface area contributed by atoms with Crippen molar-refractivity contribution in [1.82, 2.24) is 0 Å². The lowest BCUT2D eigenvalue weighted by molar-refractivity contribution is 0.0284. The third kappa shape index (κ3) is 3.02. The van der Waals surface area contributed by atoms with E-state index in [-0.39, 0.29) is 12.1 Å². The first-order chi connectivity index (χ1) is 9.13. The Hall–Kier alpha value is -2.10. The normalized spacial score (nSPS) is 10.9. The predicted molar refractivity (Wildman–Crippen MR) is 72.3 cm³/mol. The average Bonchev–Trinajstić information content (AvgIpc) is 2.43. The van der Waals surface area contributed by atoms with Crippen molar-refractivity contribution in [1.29, 1.82) is 0 Å². The van der Waals surface area contributed by atoms with Crippen molar-refractivity contribution in [2.45, 2.75) is 32.8 Å². The summed E-state index contributed by atoms with van der Waals surface area (Å²) in [6.45, 7) is 3.95. The van der Waals surface area contributed by atoms with E-state index in [4.69, 9.17) is 9.15 Å². The van der Waals surface area contributed by atoms with Gasteiger partial charge in [0.1, 0.15) is 11.7 Å². The molecule has 19 heavy (non-hydrogen) atoms. The van der Waals surface area contributed by atoms with Crippen LogP contribution in [0.2, 0.25) is 0 Å². The number of fused-ring (bicyclic) bond motifs is 1. The van der Waals surface area contributed by atoms with Gasteiger partial charge < -0.3 is 9.15 Å². The summed E-state index contributed by atoms with van der Waals surface area (Å²) in [5.41, 5.74) is 0.359. The molecule has 100 valence electrons. The van der Waals surface area contributed by atoms with Crippen LogP contribution in [0.15, 0.2) is 39.5 Å². The van der Waals surface area contributed by atoms with Crippen molar-refractivity contribution in [3.05, 3.63) is 46.3 Å². The van der Waals surface area contributed by atoms with Crippen molar-refractivity contribution in [2.75, 3.05) is 0 Å². The number of hydrogen-bond acceptors (Lipinski definition) is 4. The van der Waals surface area contributed by atoms with Crippen LogP contribution in [-0.2, 0) is 4.74 Å². The molecule has 0 N–H and O–H groups in total. The molecule has 1 heterocycles. The van der Waals surface area contributed by atoms with Gasteiger partial charge in [-0.25, -0.2) is 9.59 Å². The van der Waals surface area contributed by atoms with Crippen LogP contribution in [0.4, 0.5) is 0 Å². The van der Waals surface area contributed by atoms with E-state index in [0.29, 0.717) is 11.1 Å². The second kappa shape index (κ2) is 5.69. The van der Waals surface area contributed by atoms with E-state index in [1.54, 1.807) is 24.3 Å². The van der Waals surface area contributed by atoms with Crippen LogP contribution in [-0.4, -0.2) is 12.1 Å². The minimum absolute atomic E-state index is 0.0778. The Morgan fingerprint density at radius 2 is 1.89 bits per heavy atom. The Bertz CT molecular complexity index is 638. The zero-order valence-electron chi connectivity index (χ0n) is 11.0. The molecule has 1 aromatic carbocycles. The summed E-state index contributed by atoms with van der Waals surface area (Å²) in [5.74, 6) is -0.387. The highest BCUT2D eigenvalue weighted by Crippen LogP contribution is 2.16. The smallest absolute Gasteiger partial charge is 0.338 e. The molecule has 0 saturated heterocycles. The number of rotatable bonds is 4. The van der Waals surface area contributed by atoms with Gasteiger partial charge in [-0.15, -0.1) is 0 Å². The first kappa shape index (κ1) is 13.3. The molecule has 0 radical (unpaired) electrons. The Balaban J connectivity index is 2.30. The largest absolute Gasteiger partial charge is 0.459 e. The Morgan fingerprint density at radius 1 is 1.21 bits per heavy atom. The lowest BCUT2D eigenvalue weighted by Crippen LogP contribution is -2.16. The van der Waals surface area contributed by atoms with Crippen molar-refractivity contribution < 1.29 is 13.9 Å². The zero-order valence-corrected chi connectivity index (χ0v) is 11.0. The third-order valence-corrected chi connectivity index (χ3v) is 3.04. The Labute approximate surface area is 111 Å². The van der Waals surface area contributed by atoms with Crippen molar-refractivity contribution in [2.24, 2.45) is 0 Å². The highest BCUT2D eigenvalue weighted by atomic mass is 16.5. The lowest BCUT2D eigenvalue weighted by Gasteiger charge is -2.13. The maximum atomic E-state index is 12.0. The number of ether oxygens (including phenoxy) is 1. The van der Waals surface area contributed by atoms with Gasteiger partial charge in [0.25, 0.3) is 0 Å². The van der Waals surface area contributed by atoms with Gasteiger partial charge in [-0.1, -0.05) is 19.9 Å². The molecule has 0 saturated carbocycles. The molecule has 0 unspecified atom stereocenters. The second-order valence-corrected chi connectivity index (χ2v) is 4.35. The van der Waals surface area contributed by atoms with E-state index in [0.717, 1.165) is 18.2 Å². The van der Waals surface area contributed by atoms with E-state index in [2.05, 4.69) is 0 Å². The first-order valence-electron chi connectivity index (χ1n) is 6.39. The second-order valence-electron chi connectivity index (χ2n) is 4.35. The van der Waals surface area contributed by atoms with E-state index >= 15 is 0 Å². The molecule has 4 nitrogen and oxygen atoms in total. The zero-order chi connectivity index (χ0) is 13.8. The minimum atomic E-state index is -0.432. The Morgan fingerprint density at radius 3 is 2.58 bits per heavy atom. The monoisotopic (exact) mass is 260 g/mol. The quantitative estimate of drug-likeness (QED) is 0.626. The van der Waals surface area contributed by atoms with Crippen LogP contribution in [0.1, 0.15) is 37.0 Å². The summed E-state index contributed by atoms with van der Waals surface area (Å²) in [5, 5.41) is 0.777. The van der Waals surface area contributed by atoms with E-state index in [1.807, 2.05) is 13.8 Å². The van der Waals surface area contributed by atoms with Gasteiger partial charge in [-0.3, -0.25) is 0 Å². The number of carbonyl (C=O) groups excluding carboxylic acids is 1. The van der Waals surface area contributed by atoms with Crippen LogP contribution in [0, 0.1) is 0 Å². The molecule has 0 aliphatic carbocycles. The summed E-state index contributed by atoms with van der Waals surface area (Å²) < 4.78 is 10.4. The fourth-order valence-corrected chi connectivity index (χ4v) is 1.86. The highest BCUT2D eigenvalue weighted by Gasteiger charge is 2.13. The van der Waals surface area contributed by atoms with Gasteiger partial charge in [-0.05, 0) is 31.0 Å². The molecule has 2 rings (SSSR count). The number of carbonyl (C=O) groups is 1. The van der Waals surface area contributed by atoms with E-state index in [9.17, 15) is 9.59 Å². The first-order valence-corrected chi connectivity index (χ1v) is 6.39. The molecule has 0 amide bonds. The van der Waals surface area contributed by atoms with E-state index in [1.165, 1.54) is 6.07 Å². The van der Waals surface area contributed by atoms with Crippen LogP contribution in [0.5, 0.6) is 0 Å². The Kier molecular flexibility index (Phi) is 4.00. The van der Waals surface area contributed by atoms with Crippen LogP contribution < -0.4 is 5.63 Å². The van der Waals surface area contributed by atoms with Crippen LogP contribution in [0.3, 0.4) is 0 Å². The molecule has 0 fully saturated rings. The molecule has 4 heteroatoms. The number of hydrogen-bond donors (Lipinski definition) is 0. The molecule has 1 aromatic heterocycles. The predicted octanol–water partition coefficient (Wildman–Crippen LogP) is 3.14. The molecule has 0 atom stereocenters. The SMILES string of the molecule is CCC(CC)OC(=O)c1ccc2ccc(=O)oc2c1. The summed E-state index contributed by atoms with van der Waals surface area (Å²) >= 11 is 0. The number of esters is 1. The van der Waals surface area contributed by atoms with Gasteiger partial charge in [0, 0.05) is 11.5 Å². The number of benzene rings is 1. The van der Waals surface area contributed by atoms with Gasteiger partial charge in [0.2, 0.25) is 0 Å². The molecule has 0 aliphatic rings. The highest BCUT2D eigenvalue weighted by molar-refractivity contribution is 5.93. The van der Waals surface area contributed by atoms with Gasteiger partial charge in [0.15, 0.2) is 0 Å². The minimum Gasteiger partial charge on any atom is -0.459 e. The van der Waals surface area contributed by atoms with Crippen molar-refractivity contribution in [3.8, 4) is 0 Å². The fourth-order valence-electron chi connectivity index (χ4n) is 1.86. The van der Waals surface area contributed by atoms with Crippen LogP contribution >= 0.6 is 0 Å². The standard InChI is InChI=1S/C15H16O4/c1-3-12(4-2)18-15(17)11-6-5-10-7-8-14(16)19-13(10)9-11/h5-9,12H,3-4H2,1-2H3. The molecular formula is C15H16O4. The topological polar surface area (TPSA) is 56.5 Å². The molecule has 0 spiro atoms. The summed E-state index contributed by atoms with van der Waals surface area (Å²) in [7, 11) is 0. The van der Waals surface area contributed by atoms with Crippen molar-refractivity contribution in [3.63, 3.8) is 0 Å². The molecule has 0 aliphatic heterocycles. The van der Waals surface area contributed by atoms with E-state index < -0.39 is 5.63 Å². The molecular weight excluding hydrogens is 244 g/mol. The summed E-state index contributed by atoms with van der Waals surface area (Å²) in [6, 6.07) is 7.97. The van der Waals surface area contributed by atoms with Crippen molar-refractivity contribution >= 4 is 16.9 Å². The molecule has 2 aromatic rings. The van der Waals surface area contributed by atoms with Gasteiger partial charge in [0.05, 0.1) is 5.56 Å². The summed E-state index contributed by atoms with van der Waals surface area (Å²) in [4.78, 5) is 23.1. The third-order valence-electron chi connectivity index (χ3n) is 3.04. The van der Waals surface area contributed by atoms with Gasteiger partial charge in [-0.2, -0.15) is 0 Å².